The summed E-state index contributed by atoms with van der Waals surface area (Å²) in [6, 6.07) is 3.74. The first-order valence-electron chi connectivity index (χ1n) is 4.50. The molecule has 0 saturated heterocycles. The zero-order valence-corrected chi connectivity index (χ0v) is 8.44. The number of carboxylic acids is 2. The van der Waals surface area contributed by atoms with Crippen LogP contribution in [0.4, 0.5) is 0 Å². The Morgan fingerprint density at radius 1 is 1.13 bits per heavy atom. The molecule has 15 heavy (non-hydrogen) atoms. The number of carboxylic acid groups (broad SMARTS) is 2. The Bertz CT molecular complexity index is 407. The standard InChI is InChI=1S/C11H12O4/c1-6(2)9-5-7(10(12)13)3-4-8(9)11(14)15/h3-6H,1-2H3,(H,12,13)(H,14,15)/p-2. The molecule has 4 nitrogen and oxygen atoms in total. The van der Waals surface area contributed by atoms with Crippen molar-refractivity contribution in [1.29, 1.82) is 0 Å². The van der Waals surface area contributed by atoms with Gasteiger partial charge in [-0.3, -0.25) is 0 Å². The lowest BCUT2D eigenvalue weighted by Crippen LogP contribution is -2.26. The number of carbonyl (C=O) groups excluding carboxylic acids is 2. The highest BCUT2D eigenvalue weighted by molar-refractivity contribution is 5.91. The molecule has 4 heteroatoms. The first-order valence-corrected chi connectivity index (χ1v) is 4.50. The summed E-state index contributed by atoms with van der Waals surface area (Å²) >= 11 is 0. The maximum absolute atomic E-state index is 10.7. The summed E-state index contributed by atoms with van der Waals surface area (Å²) in [6.45, 7) is 3.56. The van der Waals surface area contributed by atoms with Gasteiger partial charge in [-0.25, -0.2) is 0 Å². The van der Waals surface area contributed by atoms with Crippen LogP contribution >= 0.6 is 0 Å². The molecule has 0 radical (unpaired) electrons. The van der Waals surface area contributed by atoms with E-state index in [4.69, 9.17) is 0 Å². The Morgan fingerprint density at radius 2 is 1.73 bits per heavy atom. The molecule has 0 aliphatic rings. The molecule has 0 spiro atoms. The molecule has 0 heterocycles. The summed E-state index contributed by atoms with van der Waals surface area (Å²) in [6.07, 6.45) is 0. The van der Waals surface area contributed by atoms with Gasteiger partial charge in [-0.15, -0.1) is 0 Å². The zero-order chi connectivity index (χ0) is 11.6. The lowest BCUT2D eigenvalue weighted by atomic mass is 9.95. The Balaban J connectivity index is 3.33. The van der Waals surface area contributed by atoms with Crippen molar-refractivity contribution < 1.29 is 19.8 Å². The highest BCUT2D eigenvalue weighted by Gasteiger charge is 2.08. The third-order valence-corrected chi connectivity index (χ3v) is 2.13. The van der Waals surface area contributed by atoms with Crippen molar-refractivity contribution in [1.82, 2.24) is 0 Å². The minimum Gasteiger partial charge on any atom is -0.545 e. The predicted octanol–water partition coefficient (Wildman–Crippen LogP) is -0.463. The van der Waals surface area contributed by atoms with Gasteiger partial charge >= 0.3 is 0 Å². The summed E-state index contributed by atoms with van der Waals surface area (Å²) in [5.41, 5.74) is 0.440. The fourth-order valence-corrected chi connectivity index (χ4v) is 1.35. The molecule has 80 valence electrons. The van der Waals surface area contributed by atoms with E-state index in [0.29, 0.717) is 5.56 Å². The van der Waals surface area contributed by atoms with Crippen molar-refractivity contribution in [2.75, 3.05) is 0 Å². The number of benzene rings is 1. The molecular formula is C11H10O4-2. The molecule has 0 saturated carbocycles. The van der Waals surface area contributed by atoms with Crippen LogP contribution in [-0.2, 0) is 0 Å². The van der Waals surface area contributed by atoms with Gasteiger partial charge in [0.2, 0.25) is 0 Å². The van der Waals surface area contributed by atoms with Crippen molar-refractivity contribution in [2.45, 2.75) is 19.8 Å². The quantitative estimate of drug-likeness (QED) is 0.670. The lowest BCUT2D eigenvalue weighted by molar-refractivity contribution is -0.256. The van der Waals surface area contributed by atoms with Crippen LogP contribution in [0.25, 0.3) is 0 Å². The average molecular weight is 206 g/mol. The topological polar surface area (TPSA) is 80.3 Å². The molecule has 0 amide bonds. The van der Waals surface area contributed by atoms with Gasteiger partial charge < -0.3 is 19.8 Å². The number of hydrogen-bond donors (Lipinski definition) is 0. The van der Waals surface area contributed by atoms with Crippen molar-refractivity contribution in [3.8, 4) is 0 Å². The van der Waals surface area contributed by atoms with Crippen molar-refractivity contribution in [3.63, 3.8) is 0 Å². The lowest BCUT2D eigenvalue weighted by Gasteiger charge is -2.15. The van der Waals surface area contributed by atoms with Crippen LogP contribution in [-0.4, -0.2) is 11.9 Å². The maximum Gasteiger partial charge on any atom is 0.0718 e. The Labute approximate surface area is 87.2 Å². The van der Waals surface area contributed by atoms with Crippen LogP contribution in [0, 0.1) is 0 Å². The first-order chi connectivity index (χ1) is 6.93. The minimum atomic E-state index is -1.32. The second kappa shape index (κ2) is 4.13. The second-order valence-electron chi connectivity index (χ2n) is 3.53. The zero-order valence-electron chi connectivity index (χ0n) is 8.44. The summed E-state index contributed by atoms with van der Waals surface area (Å²) in [7, 11) is 0. The molecule has 0 aliphatic heterocycles. The molecule has 1 aromatic carbocycles. The van der Waals surface area contributed by atoms with Gasteiger partial charge in [-0.05, 0) is 23.1 Å². The summed E-state index contributed by atoms with van der Waals surface area (Å²) in [5, 5.41) is 21.3. The Hall–Kier alpha value is -1.84. The van der Waals surface area contributed by atoms with E-state index in [1.165, 1.54) is 18.2 Å². The Kier molecular flexibility index (Phi) is 3.09. The smallest absolute Gasteiger partial charge is 0.0718 e. The van der Waals surface area contributed by atoms with E-state index in [9.17, 15) is 19.8 Å². The van der Waals surface area contributed by atoms with Gasteiger partial charge in [0.1, 0.15) is 0 Å². The van der Waals surface area contributed by atoms with Gasteiger partial charge in [-0.1, -0.05) is 26.0 Å². The van der Waals surface area contributed by atoms with Gasteiger partial charge in [0.05, 0.1) is 11.9 Å². The number of hydrogen-bond acceptors (Lipinski definition) is 4. The van der Waals surface area contributed by atoms with E-state index in [-0.39, 0.29) is 17.0 Å². The molecule has 0 atom stereocenters. The van der Waals surface area contributed by atoms with Gasteiger partial charge in [0.15, 0.2) is 0 Å². The van der Waals surface area contributed by atoms with Crippen molar-refractivity contribution >= 4 is 11.9 Å². The molecule has 0 N–H and O–H groups in total. The van der Waals surface area contributed by atoms with Crippen LogP contribution < -0.4 is 10.2 Å². The van der Waals surface area contributed by atoms with Crippen molar-refractivity contribution in [3.05, 3.63) is 34.9 Å². The average Bonchev–Trinajstić information content (AvgIpc) is 2.16. The molecule has 0 fully saturated rings. The van der Waals surface area contributed by atoms with Crippen LogP contribution in [0.15, 0.2) is 18.2 Å². The predicted molar refractivity (Wildman–Crippen MR) is 49.2 cm³/mol. The number of carbonyl (C=O) groups is 2. The fraction of sp³-hybridized carbons (Fsp3) is 0.273. The van der Waals surface area contributed by atoms with E-state index in [0.717, 1.165) is 0 Å². The summed E-state index contributed by atoms with van der Waals surface area (Å²) < 4.78 is 0. The second-order valence-corrected chi connectivity index (χ2v) is 3.53. The third-order valence-electron chi connectivity index (χ3n) is 2.13. The monoisotopic (exact) mass is 206 g/mol. The van der Waals surface area contributed by atoms with Gasteiger partial charge in [0.25, 0.3) is 0 Å². The van der Waals surface area contributed by atoms with Crippen LogP contribution in [0.3, 0.4) is 0 Å². The molecule has 0 aliphatic carbocycles. The van der Waals surface area contributed by atoms with Gasteiger partial charge in [-0.2, -0.15) is 0 Å². The fourth-order valence-electron chi connectivity index (χ4n) is 1.35. The van der Waals surface area contributed by atoms with E-state index < -0.39 is 11.9 Å². The number of rotatable bonds is 3. The van der Waals surface area contributed by atoms with E-state index in [1.807, 2.05) is 0 Å². The van der Waals surface area contributed by atoms with Crippen molar-refractivity contribution in [2.24, 2.45) is 0 Å². The molecule has 0 aromatic heterocycles. The maximum atomic E-state index is 10.7. The molecule has 1 rings (SSSR count). The molecule has 0 bridgehead atoms. The van der Waals surface area contributed by atoms with E-state index in [2.05, 4.69) is 0 Å². The molecular weight excluding hydrogens is 196 g/mol. The van der Waals surface area contributed by atoms with E-state index >= 15 is 0 Å². The molecule has 0 unspecified atom stereocenters. The Morgan fingerprint density at radius 3 is 2.13 bits per heavy atom. The summed E-state index contributed by atoms with van der Waals surface area (Å²) in [4.78, 5) is 21.3. The van der Waals surface area contributed by atoms with Gasteiger partial charge in [0, 0.05) is 5.56 Å². The summed E-state index contributed by atoms with van der Waals surface area (Å²) in [5.74, 6) is -2.71. The van der Waals surface area contributed by atoms with Crippen LogP contribution in [0.2, 0.25) is 0 Å². The highest BCUT2D eigenvalue weighted by atomic mass is 16.4. The highest BCUT2D eigenvalue weighted by Crippen LogP contribution is 2.20. The SMILES string of the molecule is CC(C)c1cc(C(=O)[O-])ccc1C(=O)[O-]. The normalized spacial score (nSPS) is 10.3. The number of aromatic carboxylic acids is 2. The van der Waals surface area contributed by atoms with Crippen LogP contribution in [0.1, 0.15) is 46.0 Å². The largest absolute Gasteiger partial charge is 0.545 e. The third kappa shape index (κ3) is 2.34. The van der Waals surface area contributed by atoms with E-state index in [1.54, 1.807) is 13.8 Å². The molecule has 1 aromatic rings. The van der Waals surface area contributed by atoms with Crippen LogP contribution in [0.5, 0.6) is 0 Å². The minimum absolute atomic E-state index is 0.0231. The first kappa shape index (κ1) is 11.2.